The number of benzene rings is 2. The molecule has 0 aliphatic rings. The van der Waals surface area contributed by atoms with Gasteiger partial charge in [0.05, 0.1) is 4.90 Å². The minimum absolute atomic E-state index is 0.0468. The van der Waals surface area contributed by atoms with Gasteiger partial charge >= 0.3 is 0 Å². The smallest absolute Gasteiger partial charge is 0.212 e. The van der Waals surface area contributed by atoms with Crippen molar-refractivity contribution in [2.24, 2.45) is 0 Å². The molecule has 2 aromatic carbocycles. The second-order valence-electron chi connectivity index (χ2n) is 8.56. The van der Waals surface area contributed by atoms with Crippen LogP contribution in [0.4, 0.5) is 5.82 Å². The van der Waals surface area contributed by atoms with Gasteiger partial charge in [-0.05, 0) is 32.4 Å². The zero-order valence-corrected chi connectivity index (χ0v) is 24.2. The van der Waals surface area contributed by atoms with Gasteiger partial charge in [-0.25, -0.2) is 28.4 Å². The molecule has 0 saturated heterocycles. The number of fused-ring (bicyclic) bond motifs is 1. The fourth-order valence-corrected chi connectivity index (χ4v) is 5.25. The molecule has 0 amide bonds. The molecule has 0 saturated carbocycles. The molecule has 5 aromatic rings. The monoisotopic (exact) mass is 584 g/mol. The summed E-state index contributed by atoms with van der Waals surface area (Å²) in [6.45, 7) is 6.67. The Morgan fingerprint density at radius 3 is 1.85 bits per heavy atom. The Balaban J connectivity index is 0.000000227. The molecule has 0 unspecified atom stereocenters. The maximum atomic E-state index is 13.1. The van der Waals surface area contributed by atoms with Crippen LogP contribution in [-0.2, 0) is 16.4 Å². The summed E-state index contributed by atoms with van der Waals surface area (Å²) in [7, 11) is -3.77. The number of rotatable bonds is 5. The van der Waals surface area contributed by atoms with Gasteiger partial charge in [0.15, 0.2) is 16.0 Å². The molecule has 3 aromatic heterocycles. The molecule has 0 aliphatic heterocycles. The first-order valence-corrected chi connectivity index (χ1v) is 14.4. The Labute approximate surface area is 238 Å². The Morgan fingerprint density at radius 1 is 0.795 bits per heavy atom. The molecule has 3 heterocycles. The lowest BCUT2D eigenvalue weighted by Gasteiger charge is -2.07. The standard InChI is InChI=1S/C17H20N4O2S.C7H8.C4H2Cl2N2/c1-3-4-11-21-16(18)15(14-17(21)20-10-9-19-14)24(22,23)13-7-5-12(2)6-8-13;1-7-5-3-2-4-6-7;5-3-4(6)8-2-1-7-3/h5-10H,3-4,11,18H2,1-2H3;2-6H,1H3;1-2H. The number of unbranched alkanes of at least 4 members (excludes halogenated alkanes) is 1. The molecule has 2 N–H and O–H groups in total. The summed E-state index contributed by atoms with van der Waals surface area (Å²) >= 11 is 10.8. The molecule has 11 heteroatoms. The van der Waals surface area contributed by atoms with E-state index in [0.717, 1.165) is 18.4 Å². The van der Waals surface area contributed by atoms with Gasteiger partial charge < -0.3 is 10.3 Å². The number of nitrogen functional groups attached to an aromatic ring is 1. The Morgan fingerprint density at radius 2 is 1.33 bits per heavy atom. The first kappa shape index (κ1) is 30.0. The van der Waals surface area contributed by atoms with Crippen molar-refractivity contribution in [3.8, 4) is 0 Å². The second-order valence-corrected chi connectivity index (χ2v) is 11.2. The summed E-state index contributed by atoms with van der Waals surface area (Å²) in [6.07, 6.45) is 7.85. The highest BCUT2D eigenvalue weighted by Crippen LogP contribution is 2.34. The summed E-state index contributed by atoms with van der Waals surface area (Å²) in [5.74, 6) is 0.199. The maximum absolute atomic E-state index is 13.1. The van der Waals surface area contributed by atoms with E-state index in [-0.39, 0.29) is 25.9 Å². The predicted molar refractivity (Wildman–Crippen MR) is 157 cm³/mol. The molecule has 0 radical (unpaired) electrons. The highest BCUT2D eigenvalue weighted by atomic mass is 35.5. The van der Waals surface area contributed by atoms with Crippen molar-refractivity contribution in [3.63, 3.8) is 0 Å². The van der Waals surface area contributed by atoms with Crippen LogP contribution >= 0.6 is 23.2 Å². The van der Waals surface area contributed by atoms with E-state index >= 15 is 0 Å². The largest absolute Gasteiger partial charge is 0.384 e. The number of nitrogens with two attached hydrogens (primary N) is 1. The molecule has 0 bridgehead atoms. The van der Waals surface area contributed by atoms with Gasteiger partial charge in [0.25, 0.3) is 0 Å². The van der Waals surface area contributed by atoms with Crippen molar-refractivity contribution >= 4 is 50.0 Å². The molecule has 39 heavy (non-hydrogen) atoms. The van der Waals surface area contributed by atoms with E-state index < -0.39 is 9.84 Å². The van der Waals surface area contributed by atoms with E-state index in [2.05, 4.69) is 45.9 Å². The van der Waals surface area contributed by atoms with Crippen LogP contribution in [0.25, 0.3) is 11.2 Å². The van der Waals surface area contributed by atoms with E-state index in [9.17, 15) is 8.42 Å². The average molecular weight is 586 g/mol. The third-order valence-corrected chi connectivity index (χ3v) is 8.04. The minimum atomic E-state index is -3.77. The third-order valence-electron chi connectivity index (χ3n) is 5.56. The number of anilines is 1. The molecule has 0 fully saturated rings. The predicted octanol–water partition coefficient (Wildman–Crippen LogP) is 6.73. The number of aryl methyl sites for hydroxylation is 3. The summed E-state index contributed by atoms with van der Waals surface area (Å²) < 4.78 is 28.0. The van der Waals surface area contributed by atoms with Crippen LogP contribution in [0.1, 0.15) is 30.9 Å². The normalized spacial score (nSPS) is 10.8. The van der Waals surface area contributed by atoms with Gasteiger partial charge in [-0.1, -0.05) is 90.1 Å². The lowest BCUT2D eigenvalue weighted by molar-refractivity contribution is 0.596. The number of nitrogens with zero attached hydrogens (tertiary/aromatic N) is 5. The zero-order valence-electron chi connectivity index (χ0n) is 21.9. The van der Waals surface area contributed by atoms with Gasteiger partial charge in [0, 0.05) is 31.3 Å². The minimum Gasteiger partial charge on any atom is -0.384 e. The summed E-state index contributed by atoms with van der Waals surface area (Å²) in [4.78, 5) is 16.1. The van der Waals surface area contributed by atoms with E-state index in [0.29, 0.717) is 17.7 Å². The molecule has 0 aliphatic carbocycles. The number of aromatic nitrogens is 5. The highest BCUT2D eigenvalue weighted by molar-refractivity contribution is 7.92. The summed E-state index contributed by atoms with van der Waals surface area (Å²) in [5, 5.41) is 0.489. The van der Waals surface area contributed by atoms with E-state index in [4.69, 9.17) is 28.9 Å². The average Bonchev–Trinajstić information content (AvgIpc) is 3.22. The van der Waals surface area contributed by atoms with Crippen molar-refractivity contribution < 1.29 is 8.42 Å². The fraction of sp³-hybridized carbons (Fsp3) is 0.214. The van der Waals surface area contributed by atoms with Crippen LogP contribution in [0.5, 0.6) is 0 Å². The number of sulfone groups is 1. The third kappa shape index (κ3) is 7.75. The van der Waals surface area contributed by atoms with Crippen molar-refractivity contribution in [1.82, 2.24) is 24.5 Å². The van der Waals surface area contributed by atoms with Crippen LogP contribution in [0.3, 0.4) is 0 Å². The topological polar surface area (TPSA) is 117 Å². The van der Waals surface area contributed by atoms with Crippen molar-refractivity contribution in [2.75, 3.05) is 5.73 Å². The van der Waals surface area contributed by atoms with Crippen LogP contribution < -0.4 is 5.73 Å². The first-order valence-electron chi connectivity index (χ1n) is 12.2. The van der Waals surface area contributed by atoms with Gasteiger partial charge in [-0.3, -0.25) is 0 Å². The van der Waals surface area contributed by atoms with E-state index in [1.165, 1.54) is 24.2 Å². The molecule has 5 rings (SSSR count). The van der Waals surface area contributed by atoms with Gasteiger partial charge in [0.1, 0.15) is 16.2 Å². The zero-order chi connectivity index (χ0) is 28.4. The molecule has 0 atom stereocenters. The lowest BCUT2D eigenvalue weighted by Crippen LogP contribution is -2.08. The second kappa shape index (κ2) is 14.0. The van der Waals surface area contributed by atoms with E-state index in [1.807, 2.05) is 25.1 Å². The van der Waals surface area contributed by atoms with Crippen LogP contribution in [0, 0.1) is 13.8 Å². The van der Waals surface area contributed by atoms with Crippen LogP contribution in [0.15, 0.2) is 89.2 Å². The summed E-state index contributed by atoms with van der Waals surface area (Å²) in [5.41, 5.74) is 9.36. The lowest BCUT2D eigenvalue weighted by atomic mass is 10.2. The van der Waals surface area contributed by atoms with Gasteiger partial charge in [-0.2, -0.15) is 0 Å². The summed E-state index contributed by atoms with van der Waals surface area (Å²) in [6, 6.07) is 17.0. The molecule has 204 valence electrons. The van der Waals surface area contributed by atoms with Crippen LogP contribution in [0.2, 0.25) is 10.3 Å². The quantitative estimate of drug-likeness (QED) is 0.243. The van der Waals surface area contributed by atoms with Crippen molar-refractivity contribution in [3.05, 3.63) is 101 Å². The van der Waals surface area contributed by atoms with Crippen molar-refractivity contribution in [2.45, 2.75) is 49.9 Å². The highest BCUT2D eigenvalue weighted by Gasteiger charge is 2.29. The molecular formula is C28H30Cl2N6O2S. The molecule has 8 nitrogen and oxygen atoms in total. The first-order chi connectivity index (χ1) is 18.7. The van der Waals surface area contributed by atoms with Crippen molar-refractivity contribution in [1.29, 1.82) is 0 Å². The number of hydrogen-bond donors (Lipinski definition) is 1. The number of hydrogen-bond acceptors (Lipinski definition) is 7. The van der Waals surface area contributed by atoms with Crippen LogP contribution in [-0.4, -0.2) is 32.9 Å². The fourth-order valence-electron chi connectivity index (χ4n) is 3.53. The SMILES string of the molecule is CCCCn1c(N)c(S(=O)(=O)c2ccc(C)cc2)c2nccnc21.Cc1ccccc1.Clc1nccnc1Cl. The van der Waals surface area contributed by atoms with Gasteiger partial charge in [0.2, 0.25) is 9.84 Å². The molecular weight excluding hydrogens is 555 g/mol. The van der Waals surface area contributed by atoms with Gasteiger partial charge in [-0.15, -0.1) is 0 Å². The Kier molecular flexibility index (Phi) is 10.8. The maximum Gasteiger partial charge on any atom is 0.212 e. The number of halogens is 2. The molecule has 0 spiro atoms. The van der Waals surface area contributed by atoms with E-state index in [1.54, 1.807) is 35.0 Å². The Bertz CT molecular complexity index is 1590. The Hall–Kier alpha value is -3.53.